The molecule has 20 heavy (non-hydrogen) atoms. The first-order valence-corrected chi connectivity index (χ1v) is 6.69. The van der Waals surface area contributed by atoms with Gasteiger partial charge in [-0.05, 0) is 31.5 Å². The van der Waals surface area contributed by atoms with E-state index in [0.717, 1.165) is 30.7 Å². The van der Waals surface area contributed by atoms with Crippen molar-refractivity contribution in [1.82, 2.24) is 15.0 Å². The Morgan fingerprint density at radius 1 is 1.55 bits per heavy atom. The first-order valence-electron chi connectivity index (χ1n) is 6.69. The molecular formula is C13H18N6O. The minimum Gasteiger partial charge on any atom is -0.425 e. The average molecular weight is 274 g/mol. The van der Waals surface area contributed by atoms with Crippen LogP contribution in [0.1, 0.15) is 18.4 Å². The smallest absolute Gasteiger partial charge is 0.238 e. The molecule has 1 saturated heterocycles. The molecule has 0 spiro atoms. The highest BCUT2D eigenvalue weighted by atomic mass is 16.5. The van der Waals surface area contributed by atoms with Gasteiger partial charge in [-0.25, -0.2) is 4.98 Å². The van der Waals surface area contributed by atoms with Crippen molar-refractivity contribution < 1.29 is 5.21 Å². The van der Waals surface area contributed by atoms with Crippen LogP contribution >= 0.6 is 0 Å². The predicted octanol–water partition coefficient (Wildman–Crippen LogP) is 0.722. The van der Waals surface area contributed by atoms with Crippen molar-refractivity contribution in [2.45, 2.75) is 18.9 Å². The number of nitrogens with two attached hydrogens (primary N) is 1. The summed E-state index contributed by atoms with van der Waals surface area (Å²) in [4.78, 5) is 4.37. The van der Waals surface area contributed by atoms with Gasteiger partial charge in [-0.15, -0.1) is 4.73 Å². The second kappa shape index (κ2) is 5.01. The van der Waals surface area contributed by atoms with Crippen LogP contribution in [0.4, 0.5) is 5.95 Å². The first kappa shape index (κ1) is 12.7. The number of fused-ring (bicyclic) bond motifs is 1. The van der Waals surface area contributed by atoms with Gasteiger partial charge < -0.3 is 21.6 Å². The summed E-state index contributed by atoms with van der Waals surface area (Å²) in [6.07, 6.45) is 2.14. The summed E-state index contributed by atoms with van der Waals surface area (Å²) in [6.45, 7) is 1.88. The lowest BCUT2D eigenvalue weighted by Crippen LogP contribution is -2.39. The van der Waals surface area contributed by atoms with Crippen molar-refractivity contribution in [2.75, 3.05) is 18.4 Å². The molecule has 106 valence electrons. The normalized spacial score (nSPS) is 19.1. The molecule has 0 amide bonds. The van der Waals surface area contributed by atoms with Gasteiger partial charge in [-0.1, -0.05) is 6.07 Å². The monoisotopic (exact) mass is 274 g/mol. The van der Waals surface area contributed by atoms with E-state index in [1.54, 1.807) is 18.2 Å². The van der Waals surface area contributed by atoms with Crippen LogP contribution in [0.25, 0.3) is 11.0 Å². The van der Waals surface area contributed by atoms with Crippen LogP contribution < -0.4 is 16.4 Å². The summed E-state index contributed by atoms with van der Waals surface area (Å²) >= 11 is 0. The molecule has 2 heterocycles. The van der Waals surface area contributed by atoms with Gasteiger partial charge in [0.1, 0.15) is 11.4 Å². The predicted molar refractivity (Wildman–Crippen MR) is 77.4 cm³/mol. The van der Waals surface area contributed by atoms with Crippen LogP contribution in [0.15, 0.2) is 18.2 Å². The largest absolute Gasteiger partial charge is 0.425 e. The van der Waals surface area contributed by atoms with Gasteiger partial charge in [-0.3, -0.25) is 5.41 Å². The average Bonchev–Trinajstić information content (AvgIpc) is 2.77. The molecule has 0 saturated carbocycles. The minimum absolute atomic E-state index is 0.0864. The summed E-state index contributed by atoms with van der Waals surface area (Å²) in [5.74, 6) is 0.305. The van der Waals surface area contributed by atoms with Crippen LogP contribution in [0.2, 0.25) is 0 Å². The first-order chi connectivity index (χ1) is 9.66. The van der Waals surface area contributed by atoms with Crippen molar-refractivity contribution >= 4 is 22.8 Å². The molecule has 1 atom stereocenters. The highest BCUT2D eigenvalue weighted by Crippen LogP contribution is 2.22. The van der Waals surface area contributed by atoms with Gasteiger partial charge in [0.05, 0.1) is 5.52 Å². The Bertz CT molecular complexity index is 644. The molecule has 1 aliphatic rings. The molecule has 1 aliphatic heterocycles. The Morgan fingerprint density at radius 3 is 3.10 bits per heavy atom. The molecule has 3 rings (SSSR count). The van der Waals surface area contributed by atoms with E-state index in [-0.39, 0.29) is 11.9 Å². The lowest BCUT2D eigenvalue weighted by atomic mass is 10.1. The maximum absolute atomic E-state index is 10.3. The molecule has 2 aromatic rings. The van der Waals surface area contributed by atoms with E-state index in [1.165, 1.54) is 0 Å². The molecule has 7 heteroatoms. The number of nitrogen functional groups attached to an aromatic ring is 1. The molecule has 0 aliphatic carbocycles. The highest BCUT2D eigenvalue weighted by Gasteiger charge is 2.19. The third-order valence-electron chi connectivity index (χ3n) is 3.57. The molecule has 1 unspecified atom stereocenters. The standard InChI is InChI=1S/C13H18N6O/c14-12(15)9-4-1-5-10-11(9)19(20)13(18-10)17-8-3-2-6-16-7-8/h1,4-5,8,16,20H,2-3,6-7H2,(H3,14,15)(H,17,18). The number of rotatable bonds is 3. The molecule has 1 aromatic carbocycles. The number of hydrogen-bond acceptors (Lipinski definition) is 5. The van der Waals surface area contributed by atoms with Crippen LogP contribution in [0.3, 0.4) is 0 Å². The summed E-state index contributed by atoms with van der Waals surface area (Å²) in [6, 6.07) is 5.51. The fourth-order valence-electron chi connectivity index (χ4n) is 2.58. The molecule has 0 bridgehead atoms. The van der Waals surface area contributed by atoms with Crippen LogP contribution in [0, 0.1) is 5.41 Å². The van der Waals surface area contributed by atoms with Crippen molar-refractivity contribution in [2.24, 2.45) is 5.73 Å². The molecular weight excluding hydrogens is 256 g/mol. The van der Waals surface area contributed by atoms with E-state index < -0.39 is 0 Å². The lowest BCUT2D eigenvalue weighted by Gasteiger charge is -2.23. The van der Waals surface area contributed by atoms with E-state index >= 15 is 0 Å². The van der Waals surface area contributed by atoms with E-state index in [0.29, 0.717) is 22.5 Å². The van der Waals surface area contributed by atoms with Crippen molar-refractivity contribution in [3.05, 3.63) is 23.8 Å². The van der Waals surface area contributed by atoms with Crippen LogP contribution in [-0.2, 0) is 0 Å². The van der Waals surface area contributed by atoms with E-state index in [4.69, 9.17) is 11.1 Å². The zero-order valence-electron chi connectivity index (χ0n) is 11.1. The van der Waals surface area contributed by atoms with Gasteiger partial charge in [0.25, 0.3) is 0 Å². The zero-order chi connectivity index (χ0) is 14.1. The molecule has 6 N–H and O–H groups in total. The zero-order valence-corrected chi connectivity index (χ0v) is 11.1. The number of hydrogen-bond donors (Lipinski definition) is 5. The van der Waals surface area contributed by atoms with Crippen LogP contribution in [-0.4, -0.2) is 39.9 Å². The Kier molecular flexibility index (Phi) is 3.19. The maximum Gasteiger partial charge on any atom is 0.238 e. The number of nitrogens with one attached hydrogen (secondary N) is 3. The quantitative estimate of drug-likeness (QED) is 0.322. The Labute approximate surface area is 116 Å². The number of anilines is 1. The Hall–Kier alpha value is -2.28. The van der Waals surface area contributed by atoms with Crippen molar-refractivity contribution in [3.63, 3.8) is 0 Å². The van der Waals surface area contributed by atoms with Crippen molar-refractivity contribution in [1.29, 1.82) is 5.41 Å². The number of benzene rings is 1. The van der Waals surface area contributed by atoms with E-state index in [1.807, 2.05) is 0 Å². The summed E-state index contributed by atoms with van der Waals surface area (Å²) in [7, 11) is 0. The van der Waals surface area contributed by atoms with Gasteiger partial charge >= 0.3 is 0 Å². The number of imidazole rings is 1. The van der Waals surface area contributed by atoms with Crippen molar-refractivity contribution in [3.8, 4) is 0 Å². The van der Waals surface area contributed by atoms with Crippen LogP contribution in [0.5, 0.6) is 0 Å². The fraction of sp³-hybridized carbons (Fsp3) is 0.385. The van der Waals surface area contributed by atoms with E-state index in [2.05, 4.69) is 15.6 Å². The number of amidine groups is 1. The summed E-state index contributed by atoms with van der Waals surface area (Å²) < 4.78 is 0.987. The van der Waals surface area contributed by atoms with Gasteiger partial charge in [0, 0.05) is 18.2 Å². The number of nitrogens with zero attached hydrogens (tertiary/aromatic N) is 2. The fourth-order valence-corrected chi connectivity index (χ4v) is 2.58. The van der Waals surface area contributed by atoms with E-state index in [9.17, 15) is 5.21 Å². The summed E-state index contributed by atoms with van der Waals surface area (Å²) in [5.41, 5.74) is 7.10. The summed E-state index contributed by atoms with van der Waals surface area (Å²) in [5, 5.41) is 24.4. The van der Waals surface area contributed by atoms with Gasteiger partial charge in [0.2, 0.25) is 5.95 Å². The third-order valence-corrected chi connectivity index (χ3v) is 3.57. The molecule has 0 radical (unpaired) electrons. The van der Waals surface area contributed by atoms with Gasteiger partial charge in [-0.2, -0.15) is 0 Å². The molecule has 1 fully saturated rings. The maximum atomic E-state index is 10.3. The molecule has 1 aromatic heterocycles. The minimum atomic E-state index is -0.0864. The topological polar surface area (TPSA) is 112 Å². The molecule has 7 nitrogen and oxygen atoms in total. The number of para-hydroxylation sites is 1. The lowest BCUT2D eigenvalue weighted by molar-refractivity contribution is 0.202. The SMILES string of the molecule is N=C(N)c1cccc2nc(NC3CCCNC3)n(O)c12. The third kappa shape index (κ3) is 2.16. The Balaban J connectivity index is 1.98. The second-order valence-corrected chi connectivity index (χ2v) is 5.02. The Morgan fingerprint density at radius 2 is 2.40 bits per heavy atom. The second-order valence-electron chi connectivity index (χ2n) is 5.02. The van der Waals surface area contributed by atoms with Gasteiger partial charge in [0.15, 0.2) is 0 Å². The number of piperidine rings is 1. The highest BCUT2D eigenvalue weighted by molar-refractivity contribution is 6.06. The number of aromatic nitrogens is 2.